The van der Waals surface area contributed by atoms with Gasteiger partial charge in [-0.25, -0.2) is 14.6 Å². The van der Waals surface area contributed by atoms with Gasteiger partial charge in [-0.15, -0.1) is 0 Å². The molecule has 3 rings (SSSR count). The Bertz CT molecular complexity index is 820. The van der Waals surface area contributed by atoms with Gasteiger partial charge in [0.2, 0.25) is 0 Å². The average molecular weight is 486 g/mol. The van der Waals surface area contributed by atoms with Gasteiger partial charge in [-0.1, -0.05) is 6.07 Å². The van der Waals surface area contributed by atoms with Gasteiger partial charge in [-0.2, -0.15) is 31.6 Å². The number of rotatable bonds is 1. The molecule has 1 atom stereocenters. The number of carbonyl (C=O) groups is 2. The van der Waals surface area contributed by atoms with E-state index in [1.54, 1.807) is 6.07 Å². The van der Waals surface area contributed by atoms with Gasteiger partial charge in [-0.3, -0.25) is 0 Å². The topological polar surface area (TPSA) is 136 Å². The lowest BCUT2D eigenvalue weighted by Crippen LogP contribution is -2.59. The van der Waals surface area contributed by atoms with Gasteiger partial charge in [0.1, 0.15) is 17.6 Å². The highest BCUT2D eigenvalue weighted by atomic mass is 19.4. The van der Waals surface area contributed by atoms with E-state index in [1.165, 1.54) is 0 Å². The number of hydrogen-bond donors (Lipinski definition) is 3. The average Bonchev–Trinajstić information content (AvgIpc) is 2.74. The van der Waals surface area contributed by atoms with E-state index < -0.39 is 24.3 Å². The van der Waals surface area contributed by atoms with Crippen LogP contribution in [0.4, 0.5) is 32.2 Å². The lowest BCUT2D eigenvalue weighted by Gasteiger charge is -2.45. The summed E-state index contributed by atoms with van der Waals surface area (Å²) in [4.78, 5) is 24.4. The number of aromatic nitrogens is 1. The van der Waals surface area contributed by atoms with E-state index in [0.29, 0.717) is 5.69 Å². The van der Waals surface area contributed by atoms with Gasteiger partial charge >= 0.3 is 24.3 Å². The zero-order chi connectivity index (χ0) is 25.3. The third-order valence-electron chi connectivity index (χ3n) is 4.33. The summed E-state index contributed by atoms with van der Waals surface area (Å²) in [6, 6.07) is 7.69. The summed E-state index contributed by atoms with van der Waals surface area (Å²) in [6.07, 6.45) is -7.98. The molecule has 0 aromatic carbocycles. The zero-order valence-electron chi connectivity index (χ0n) is 16.9. The van der Waals surface area contributed by atoms with Crippen molar-refractivity contribution in [3.8, 4) is 6.07 Å². The number of anilines is 1. The number of pyridine rings is 1. The second kappa shape index (κ2) is 11.7. The van der Waals surface area contributed by atoms with Crippen LogP contribution in [0, 0.1) is 11.3 Å². The molecule has 2 fully saturated rings. The van der Waals surface area contributed by atoms with E-state index in [1.807, 2.05) is 12.1 Å². The van der Waals surface area contributed by atoms with Crippen LogP contribution in [-0.2, 0) is 14.3 Å². The van der Waals surface area contributed by atoms with Crippen molar-refractivity contribution in [2.75, 3.05) is 37.7 Å². The fourth-order valence-corrected chi connectivity index (χ4v) is 2.92. The summed E-state index contributed by atoms with van der Waals surface area (Å²) in [7, 11) is 0. The highest BCUT2D eigenvalue weighted by Gasteiger charge is 2.39. The molecule has 0 aliphatic carbocycles. The molecule has 2 saturated heterocycles. The number of nitrogens with zero attached hydrogens (tertiary/aromatic N) is 3. The van der Waals surface area contributed by atoms with Crippen LogP contribution >= 0.6 is 0 Å². The summed E-state index contributed by atoms with van der Waals surface area (Å²) in [5.41, 5.74) is 0.390. The third-order valence-corrected chi connectivity index (χ3v) is 4.33. The Kier molecular flexibility index (Phi) is 9.86. The fourth-order valence-electron chi connectivity index (χ4n) is 2.92. The van der Waals surface area contributed by atoms with E-state index in [2.05, 4.69) is 21.3 Å². The summed E-state index contributed by atoms with van der Waals surface area (Å²) < 4.78 is 69.5. The summed E-state index contributed by atoms with van der Waals surface area (Å²) in [5.74, 6) is -4.63. The van der Waals surface area contributed by atoms with Crippen molar-refractivity contribution >= 4 is 17.8 Å². The Balaban J connectivity index is 0.000000324. The van der Waals surface area contributed by atoms with Crippen LogP contribution in [-0.4, -0.2) is 77.9 Å². The predicted molar refractivity (Wildman–Crippen MR) is 99.3 cm³/mol. The lowest BCUT2D eigenvalue weighted by atomic mass is 9.91. The maximum atomic E-state index is 10.6. The van der Waals surface area contributed by atoms with Crippen molar-refractivity contribution < 1.29 is 50.9 Å². The smallest absolute Gasteiger partial charge is 0.475 e. The number of carboxylic acid groups (broad SMARTS) is 2. The minimum absolute atomic E-state index is 0.0825. The Morgan fingerprint density at radius 1 is 1.15 bits per heavy atom. The Labute approximate surface area is 183 Å². The first-order chi connectivity index (χ1) is 15.2. The van der Waals surface area contributed by atoms with E-state index >= 15 is 0 Å². The van der Waals surface area contributed by atoms with Crippen LogP contribution in [0.15, 0.2) is 18.2 Å². The van der Waals surface area contributed by atoms with Crippen LogP contribution in [0.5, 0.6) is 0 Å². The minimum Gasteiger partial charge on any atom is -0.475 e. The SMILES string of the molecule is N#Cc1cccc(N2CCCC3(CNCCO3)C2)n1.O=C(O)C(F)(F)F.O=C(O)C(F)(F)F. The lowest BCUT2D eigenvalue weighted by molar-refractivity contribution is -0.193. The number of nitrogens with one attached hydrogen (secondary N) is 1. The quantitative estimate of drug-likeness (QED) is 0.511. The van der Waals surface area contributed by atoms with Gasteiger partial charge < -0.3 is 25.2 Å². The van der Waals surface area contributed by atoms with Crippen molar-refractivity contribution in [3.63, 3.8) is 0 Å². The standard InChI is InChI=1S/C14H18N4O.2C2HF3O2/c15-9-12-3-1-4-13(17-12)18-7-2-5-14(11-18)10-16-6-8-19-14;2*3-2(4,5)1(6)7/h1,3-4,16H,2,5-8,10-11H2;2*(H,6,7). The highest BCUT2D eigenvalue weighted by molar-refractivity contribution is 5.73. The normalized spacial score (nSPS) is 20.5. The first-order valence-electron chi connectivity index (χ1n) is 9.27. The Hall–Kier alpha value is -3.12. The fraction of sp³-hybridized carbons (Fsp3) is 0.556. The molecule has 0 radical (unpaired) electrons. The number of nitriles is 1. The third kappa shape index (κ3) is 9.49. The maximum Gasteiger partial charge on any atom is 0.490 e. The van der Waals surface area contributed by atoms with E-state index in [0.717, 1.165) is 51.4 Å². The van der Waals surface area contributed by atoms with Gasteiger partial charge in [0.05, 0.1) is 12.2 Å². The Morgan fingerprint density at radius 3 is 2.18 bits per heavy atom. The number of morpholine rings is 1. The highest BCUT2D eigenvalue weighted by Crippen LogP contribution is 2.28. The molecule has 15 heteroatoms. The number of alkyl halides is 6. The molecule has 1 spiro atoms. The number of ether oxygens (including phenoxy) is 1. The maximum absolute atomic E-state index is 10.6. The molecular weight excluding hydrogens is 466 g/mol. The molecule has 2 aliphatic heterocycles. The van der Waals surface area contributed by atoms with Gasteiger partial charge in [0, 0.05) is 26.2 Å². The molecule has 3 N–H and O–H groups in total. The summed E-state index contributed by atoms with van der Waals surface area (Å²) >= 11 is 0. The van der Waals surface area contributed by atoms with E-state index in [-0.39, 0.29) is 5.60 Å². The van der Waals surface area contributed by atoms with Gasteiger partial charge in [0.15, 0.2) is 0 Å². The molecular formula is C18H20F6N4O5. The van der Waals surface area contributed by atoms with E-state index in [4.69, 9.17) is 29.8 Å². The number of halogens is 6. The molecule has 33 heavy (non-hydrogen) atoms. The largest absolute Gasteiger partial charge is 0.490 e. The first kappa shape index (κ1) is 27.9. The molecule has 0 bridgehead atoms. The van der Waals surface area contributed by atoms with Crippen molar-refractivity contribution in [2.24, 2.45) is 0 Å². The second-order valence-corrected chi connectivity index (χ2v) is 6.83. The van der Waals surface area contributed by atoms with Gasteiger partial charge in [0.25, 0.3) is 0 Å². The number of carboxylic acids is 2. The predicted octanol–water partition coefficient (Wildman–Crippen LogP) is 2.18. The van der Waals surface area contributed by atoms with Crippen molar-refractivity contribution in [1.82, 2.24) is 10.3 Å². The molecule has 1 aromatic heterocycles. The number of piperidine rings is 1. The molecule has 1 unspecified atom stereocenters. The van der Waals surface area contributed by atoms with Crippen molar-refractivity contribution in [1.29, 1.82) is 5.26 Å². The monoisotopic (exact) mass is 486 g/mol. The molecule has 9 nitrogen and oxygen atoms in total. The molecule has 2 aliphatic rings. The van der Waals surface area contributed by atoms with Crippen LogP contribution in [0.25, 0.3) is 0 Å². The van der Waals surface area contributed by atoms with Gasteiger partial charge in [-0.05, 0) is 25.0 Å². The molecule has 0 saturated carbocycles. The molecule has 184 valence electrons. The zero-order valence-corrected chi connectivity index (χ0v) is 16.9. The minimum atomic E-state index is -5.08. The molecule has 0 amide bonds. The van der Waals surface area contributed by atoms with Crippen molar-refractivity contribution in [2.45, 2.75) is 30.8 Å². The van der Waals surface area contributed by atoms with Crippen LogP contribution in [0.2, 0.25) is 0 Å². The van der Waals surface area contributed by atoms with Crippen LogP contribution in [0.3, 0.4) is 0 Å². The molecule has 1 aromatic rings. The number of aliphatic carboxylic acids is 2. The Morgan fingerprint density at radius 2 is 1.73 bits per heavy atom. The second-order valence-electron chi connectivity index (χ2n) is 6.83. The first-order valence-corrected chi connectivity index (χ1v) is 9.27. The van der Waals surface area contributed by atoms with Crippen molar-refractivity contribution in [3.05, 3.63) is 23.9 Å². The van der Waals surface area contributed by atoms with E-state index in [9.17, 15) is 26.3 Å². The van der Waals surface area contributed by atoms with Crippen LogP contribution < -0.4 is 10.2 Å². The molecule has 3 heterocycles. The summed E-state index contributed by atoms with van der Waals surface area (Å²) in [6.45, 7) is 4.44. The number of hydrogen-bond acceptors (Lipinski definition) is 7. The summed E-state index contributed by atoms with van der Waals surface area (Å²) in [5, 5.41) is 26.6. The van der Waals surface area contributed by atoms with Crippen LogP contribution in [0.1, 0.15) is 18.5 Å².